The van der Waals surface area contributed by atoms with Crippen molar-refractivity contribution in [1.29, 1.82) is 0 Å². The zero-order chi connectivity index (χ0) is 17.9. The van der Waals surface area contributed by atoms with E-state index in [0.717, 1.165) is 36.7 Å². The molecule has 6 nitrogen and oxygen atoms in total. The lowest BCUT2D eigenvalue weighted by molar-refractivity contribution is -0.137. The molecule has 10 heteroatoms. The third kappa shape index (κ3) is 4.73. The molecule has 1 aromatic carbocycles. The molecule has 1 unspecified atom stereocenters. The summed E-state index contributed by atoms with van der Waals surface area (Å²) in [5.74, 6) is -0.0972. The molecule has 2 aromatic rings. The molecule has 1 atom stereocenters. The van der Waals surface area contributed by atoms with E-state index >= 15 is 0 Å². The highest BCUT2D eigenvalue weighted by molar-refractivity contribution is 5.91. The van der Waals surface area contributed by atoms with Gasteiger partial charge in [0.1, 0.15) is 0 Å². The number of halogens is 4. The second-order valence-corrected chi connectivity index (χ2v) is 5.99. The van der Waals surface area contributed by atoms with Crippen LogP contribution in [0.3, 0.4) is 0 Å². The Bertz CT molecular complexity index is 743. The van der Waals surface area contributed by atoms with Crippen molar-refractivity contribution in [3.8, 4) is 5.69 Å². The van der Waals surface area contributed by atoms with Crippen molar-refractivity contribution < 1.29 is 18.0 Å². The molecule has 142 valence electrons. The molecule has 26 heavy (non-hydrogen) atoms. The fraction of sp³-hybridized carbons (Fsp3) is 0.438. The van der Waals surface area contributed by atoms with Gasteiger partial charge >= 0.3 is 6.18 Å². The van der Waals surface area contributed by atoms with Gasteiger partial charge in [0.2, 0.25) is 0 Å². The van der Waals surface area contributed by atoms with Crippen LogP contribution in [0.5, 0.6) is 0 Å². The van der Waals surface area contributed by atoms with Crippen LogP contribution >= 0.6 is 12.4 Å². The predicted molar refractivity (Wildman–Crippen MR) is 91.5 cm³/mol. The molecule has 2 N–H and O–H groups in total. The molecule has 0 aliphatic carbocycles. The first-order valence-corrected chi connectivity index (χ1v) is 8.03. The Kier molecular flexibility index (Phi) is 6.60. The predicted octanol–water partition coefficient (Wildman–Crippen LogP) is 2.44. The van der Waals surface area contributed by atoms with E-state index in [-0.39, 0.29) is 23.8 Å². The Labute approximate surface area is 154 Å². The molecule has 0 spiro atoms. The van der Waals surface area contributed by atoms with Gasteiger partial charge < -0.3 is 10.6 Å². The van der Waals surface area contributed by atoms with Gasteiger partial charge in [-0.2, -0.15) is 13.2 Å². The normalized spacial score (nSPS) is 17.4. The molecule has 0 saturated carbocycles. The van der Waals surface area contributed by atoms with Crippen molar-refractivity contribution in [2.24, 2.45) is 5.92 Å². The number of rotatable bonds is 4. The number of piperidine rings is 1. The highest BCUT2D eigenvalue weighted by Gasteiger charge is 2.34. The molecule has 1 fully saturated rings. The van der Waals surface area contributed by atoms with Gasteiger partial charge in [-0.1, -0.05) is 17.3 Å². The monoisotopic (exact) mass is 389 g/mol. The Morgan fingerprint density at radius 1 is 1.35 bits per heavy atom. The van der Waals surface area contributed by atoms with Crippen molar-refractivity contribution >= 4 is 18.3 Å². The van der Waals surface area contributed by atoms with Crippen molar-refractivity contribution in [3.05, 3.63) is 41.7 Å². The summed E-state index contributed by atoms with van der Waals surface area (Å²) in [6, 6.07) is 5.02. The number of carbonyl (C=O) groups excluding carboxylic acids is 1. The van der Waals surface area contributed by atoms with Crippen LogP contribution in [0.25, 0.3) is 5.69 Å². The van der Waals surface area contributed by atoms with Gasteiger partial charge in [0.15, 0.2) is 5.69 Å². The summed E-state index contributed by atoms with van der Waals surface area (Å²) in [5.41, 5.74) is -1.01. The Balaban J connectivity index is 0.00000243. The third-order valence-electron chi connectivity index (χ3n) is 4.13. The minimum absolute atomic E-state index is 0. The van der Waals surface area contributed by atoms with Gasteiger partial charge in [-0.25, -0.2) is 4.68 Å². The summed E-state index contributed by atoms with van der Waals surface area (Å²) in [7, 11) is 0. The number of para-hydroxylation sites is 1. The smallest absolute Gasteiger partial charge is 0.350 e. The molecule has 0 radical (unpaired) electrons. The second-order valence-electron chi connectivity index (χ2n) is 5.99. The fourth-order valence-corrected chi connectivity index (χ4v) is 2.82. The molecule has 1 saturated heterocycles. The summed E-state index contributed by atoms with van der Waals surface area (Å²) in [6.45, 7) is 2.32. The zero-order valence-corrected chi connectivity index (χ0v) is 14.6. The van der Waals surface area contributed by atoms with Gasteiger partial charge in [-0.15, -0.1) is 17.5 Å². The first-order chi connectivity index (χ1) is 11.9. The molecule has 0 bridgehead atoms. The summed E-state index contributed by atoms with van der Waals surface area (Å²) in [5, 5.41) is 13.4. The minimum Gasteiger partial charge on any atom is -0.350 e. The number of nitrogens with one attached hydrogen (secondary N) is 2. The molecule has 1 aliphatic rings. The van der Waals surface area contributed by atoms with Crippen molar-refractivity contribution in [3.63, 3.8) is 0 Å². The standard InChI is InChI=1S/C16H18F3N5O.ClH/c17-16(18,19)12-5-1-2-6-14(12)24-10-13(22-23-24)15(25)21-9-11-4-3-7-20-8-11;/h1-2,5-6,10-11,20H,3-4,7-9H2,(H,21,25);1H. The van der Waals surface area contributed by atoms with E-state index in [2.05, 4.69) is 20.9 Å². The maximum atomic E-state index is 13.1. The summed E-state index contributed by atoms with van der Waals surface area (Å²) >= 11 is 0. The van der Waals surface area contributed by atoms with Crippen LogP contribution in [0.2, 0.25) is 0 Å². The Morgan fingerprint density at radius 3 is 2.81 bits per heavy atom. The molecule has 1 amide bonds. The molecule has 2 heterocycles. The Morgan fingerprint density at radius 2 is 2.12 bits per heavy atom. The number of amides is 1. The van der Waals surface area contributed by atoms with Crippen LogP contribution in [0.4, 0.5) is 13.2 Å². The SMILES string of the molecule is Cl.O=C(NCC1CCCNC1)c1cn(-c2ccccc2C(F)(F)F)nn1. The Hall–Kier alpha value is -2.13. The van der Waals surface area contributed by atoms with E-state index in [1.807, 2.05) is 0 Å². The number of alkyl halides is 3. The molecule has 3 rings (SSSR count). The van der Waals surface area contributed by atoms with E-state index < -0.39 is 17.6 Å². The number of hydrogen-bond donors (Lipinski definition) is 2. The van der Waals surface area contributed by atoms with Crippen LogP contribution in [-0.2, 0) is 6.18 Å². The summed E-state index contributed by atoms with van der Waals surface area (Å²) in [6.07, 6.45) is -1.22. The lowest BCUT2D eigenvalue weighted by Gasteiger charge is -2.22. The number of carbonyl (C=O) groups is 1. The highest BCUT2D eigenvalue weighted by Crippen LogP contribution is 2.33. The van der Waals surface area contributed by atoms with Gasteiger partial charge in [0.05, 0.1) is 17.4 Å². The van der Waals surface area contributed by atoms with E-state index in [1.54, 1.807) is 0 Å². The van der Waals surface area contributed by atoms with E-state index in [0.29, 0.717) is 12.5 Å². The third-order valence-corrected chi connectivity index (χ3v) is 4.13. The summed E-state index contributed by atoms with van der Waals surface area (Å²) in [4.78, 5) is 12.1. The van der Waals surface area contributed by atoms with Crippen LogP contribution in [-0.4, -0.2) is 40.5 Å². The maximum absolute atomic E-state index is 13.1. The number of nitrogens with zero attached hydrogens (tertiary/aromatic N) is 3. The van der Waals surface area contributed by atoms with Crippen LogP contribution in [0, 0.1) is 5.92 Å². The average molecular weight is 390 g/mol. The lowest BCUT2D eigenvalue weighted by atomic mass is 10.00. The molecular weight excluding hydrogens is 371 g/mol. The number of benzene rings is 1. The number of aromatic nitrogens is 3. The highest BCUT2D eigenvalue weighted by atomic mass is 35.5. The topological polar surface area (TPSA) is 71.8 Å². The summed E-state index contributed by atoms with van der Waals surface area (Å²) < 4.78 is 40.2. The molecule has 1 aromatic heterocycles. The minimum atomic E-state index is -4.51. The van der Waals surface area contributed by atoms with Crippen molar-refractivity contribution in [1.82, 2.24) is 25.6 Å². The molecular formula is C16H19ClF3N5O. The van der Waals surface area contributed by atoms with E-state index in [4.69, 9.17) is 0 Å². The first kappa shape index (κ1) is 20.2. The fourth-order valence-electron chi connectivity index (χ4n) is 2.82. The molecule has 1 aliphatic heterocycles. The van der Waals surface area contributed by atoms with Crippen LogP contribution < -0.4 is 10.6 Å². The van der Waals surface area contributed by atoms with Gasteiger partial charge in [-0.3, -0.25) is 4.79 Å². The van der Waals surface area contributed by atoms with E-state index in [1.165, 1.54) is 24.4 Å². The maximum Gasteiger partial charge on any atom is 0.418 e. The first-order valence-electron chi connectivity index (χ1n) is 8.03. The quantitative estimate of drug-likeness (QED) is 0.842. The second kappa shape index (κ2) is 8.50. The van der Waals surface area contributed by atoms with Crippen molar-refractivity contribution in [2.45, 2.75) is 19.0 Å². The van der Waals surface area contributed by atoms with Gasteiger partial charge in [0.25, 0.3) is 5.91 Å². The van der Waals surface area contributed by atoms with Crippen LogP contribution in [0.1, 0.15) is 28.9 Å². The van der Waals surface area contributed by atoms with Crippen LogP contribution in [0.15, 0.2) is 30.5 Å². The lowest BCUT2D eigenvalue weighted by Crippen LogP contribution is -2.38. The van der Waals surface area contributed by atoms with E-state index in [9.17, 15) is 18.0 Å². The zero-order valence-electron chi connectivity index (χ0n) is 13.8. The largest absolute Gasteiger partial charge is 0.418 e. The van der Waals surface area contributed by atoms with Crippen molar-refractivity contribution in [2.75, 3.05) is 19.6 Å². The van der Waals surface area contributed by atoms with Gasteiger partial charge in [0, 0.05) is 6.54 Å². The number of hydrogen-bond acceptors (Lipinski definition) is 4. The van der Waals surface area contributed by atoms with Gasteiger partial charge in [-0.05, 0) is 44.0 Å². The average Bonchev–Trinajstić information content (AvgIpc) is 3.10.